The molecule has 2 nitrogen and oxygen atoms in total. The molecule has 0 aliphatic rings. The molecule has 0 spiro atoms. The van der Waals surface area contributed by atoms with Crippen molar-refractivity contribution in [1.82, 2.24) is 0 Å². The topological polar surface area (TPSA) is 32.6 Å². The molecule has 1 N–H and O–H groups in total. The minimum Gasteiger partial charge on any atom is -0.411 e. The van der Waals surface area contributed by atoms with Crippen LogP contribution in [0.5, 0.6) is 0 Å². The highest BCUT2D eigenvalue weighted by molar-refractivity contribution is 5.55. The lowest BCUT2D eigenvalue weighted by Gasteiger charge is -2.07. The molecule has 1 atom stereocenters. The summed E-state index contributed by atoms with van der Waals surface area (Å²) in [6.45, 7) is 6.50. The van der Waals surface area contributed by atoms with E-state index in [9.17, 15) is 0 Å². The summed E-state index contributed by atoms with van der Waals surface area (Å²) in [5.74, 6) is 0.716. The van der Waals surface area contributed by atoms with E-state index in [4.69, 9.17) is 5.21 Å². The highest BCUT2D eigenvalue weighted by atomic mass is 16.4. The highest BCUT2D eigenvalue weighted by Crippen LogP contribution is 2.12. The predicted molar refractivity (Wildman–Crippen MR) is 57.3 cm³/mol. The molecule has 1 unspecified atom stereocenters. The highest BCUT2D eigenvalue weighted by Gasteiger charge is 1.99. The fourth-order valence-corrected chi connectivity index (χ4v) is 1.22. The van der Waals surface area contributed by atoms with E-state index < -0.39 is 0 Å². The van der Waals surface area contributed by atoms with Crippen LogP contribution in [-0.4, -0.2) is 11.4 Å². The average molecular weight is 183 g/mol. The lowest BCUT2D eigenvalue weighted by molar-refractivity contribution is 0.319. The fraction of sp³-hybridized carbons (Fsp3) is 0.727. The van der Waals surface area contributed by atoms with Gasteiger partial charge in [0.15, 0.2) is 0 Å². The van der Waals surface area contributed by atoms with E-state index in [0.717, 1.165) is 12.8 Å². The van der Waals surface area contributed by atoms with Crippen molar-refractivity contribution in [3.63, 3.8) is 0 Å². The number of allylic oxidation sites excluding steroid dienone is 2. The molecule has 76 valence electrons. The van der Waals surface area contributed by atoms with Gasteiger partial charge in [0.05, 0.1) is 0 Å². The Labute approximate surface area is 81.3 Å². The van der Waals surface area contributed by atoms with E-state index in [0.29, 0.717) is 5.92 Å². The molecule has 0 saturated heterocycles. The van der Waals surface area contributed by atoms with Crippen molar-refractivity contribution in [2.45, 2.75) is 46.5 Å². The Morgan fingerprint density at radius 1 is 1.31 bits per heavy atom. The molecule has 0 aliphatic heterocycles. The summed E-state index contributed by atoms with van der Waals surface area (Å²) in [6.07, 6.45) is 8.23. The normalized spacial score (nSPS) is 13.2. The van der Waals surface area contributed by atoms with Crippen LogP contribution in [0.25, 0.3) is 0 Å². The van der Waals surface area contributed by atoms with E-state index in [1.165, 1.54) is 18.4 Å². The smallest absolute Gasteiger partial charge is 0.0436 e. The van der Waals surface area contributed by atoms with Gasteiger partial charge in [0.25, 0.3) is 0 Å². The minimum absolute atomic E-state index is 0.716. The third-order valence-electron chi connectivity index (χ3n) is 2.08. The molecule has 0 saturated carbocycles. The molecule has 0 heterocycles. The lowest BCUT2D eigenvalue weighted by atomic mass is 9.99. The van der Waals surface area contributed by atoms with Crippen molar-refractivity contribution in [3.05, 3.63) is 11.6 Å². The summed E-state index contributed by atoms with van der Waals surface area (Å²) < 4.78 is 0. The van der Waals surface area contributed by atoms with Gasteiger partial charge in [-0.2, -0.15) is 0 Å². The zero-order valence-corrected chi connectivity index (χ0v) is 8.95. The second kappa shape index (κ2) is 7.84. The van der Waals surface area contributed by atoms with Gasteiger partial charge in [-0.25, -0.2) is 0 Å². The largest absolute Gasteiger partial charge is 0.411 e. The van der Waals surface area contributed by atoms with E-state index in [2.05, 4.69) is 32.0 Å². The van der Waals surface area contributed by atoms with E-state index >= 15 is 0 Å². The van der Waals surface area contributed by atoms with Crippen LogP contribution in [0.2, 0.25) is 0 Å². The van der Waals surface area contributed by atoms with Gasteiger partial charge in [-0.1, -0.05) is 18.6 Å². The van der Waals surface area contributed by atoms with Crippen molar-refractivity contribution in [3.8, 4) is 0 Å². The second-order valence-corrected chi connectivity index (χ2v) is 3.84. The summed E-state index contributed by atoms with van der Waals surface area (Å²) in [7, 11) is 0. The SMILES string of the molecule is CC(C)=CCCC(C)CCC=NO. The van der Waals surface area contributed by atoms with Crippen LogP contribution in [0.15, 0.2) is 16.8 Å². The van der Waals surface area contributed by atoms with Gasteiger partial charge in [-0.05, 0) is 45.4 Å². The van der Waals surface area contributed by atoms with Gasteiger partial charge in [-0.3, -0.25) is 0 Å². The molecule has 0 rings (SSSR count). The average Bonchev–Trinajstić information content (AvgIpc) is 2.04. The lowest BCUT2D eigenvalue weighted by Crippen LogP contribution is -1.94. The van der Waals surface area contributed by atoms with Crippen molar-refractivity contribution in [2.24, 2.45) is 11.1 Å². The Hall–Kier alpha value is -0.790. The number of oxime groups is 1. The van der Waals surface area contributed by atoms with Gasteiger partial charge in [0.1, 0.15) is 0 Å². The molecule has 0 radical (unpaired) electrons. The second-order valence-electron chi connectivity index (χ2n) is 3.84. The van der Waals surface area contributed by atoms with Crippen LogP contribution in [-0.2, 0) is 0 Å². The van der Waals surface area contributed by atoms with Gasteiger partial charge in [-0.15, -0.1) is 5.16 Å². The first-order valence-electron chi connectivity index (χ1n) is 4.96. The van der Waals surface area contributed by atoms with Crippen molar-refractivity contribution < 1.29 is 5.21 Å². The maximum atomic E-state index is 8.19. The Morgan fingerprint density at radius 3 is 2.46 bits per heavy atom. The van der Waals surface area contributed by atoms with E-state index in [1.807, 2.05) is 0 Å². The Balaban J connectivity index is 3.40. The molecule has 0 bridgehead atoms. The van der Waals surface area contributed by atoms with Crippen molar-refractivity contribution in [2.75, 3.05) is 0 Å². The quantitative estimate of drug-likeness (QED) is 0.290. The van der Waals surface area contributed by atoms with Gasteiger partial charge in [0.2, 0.25) is 0 Å². The van der Waals surface area contributed by atoms with Crippen LogP contribution >= 0.6 is 0 Å². The fourth-order valence-electron chi connectivity index (χ4n) is 1.22. The molecule has 0 aromatic heterocycles. The zero-order valence-electron chi connectivity index (χ0n) is 8.95. The number of rotatable bonds is 6. The molecule has 2 heteroatoms. The maximum absolute atomic E-state index is 8.19. The number of hydrogen-bond donors (Lipinski definition) is 1. The first-order valence-corrected chi connectivity index (χ1v) is 4.96. The number of hydrogen-bond acceptors (Lipinski definition) is 2. The summed E-state index contributed by atoms with van der Waals surface area (Å²) >= 11 is 0. The molecule has 0 aromatic carbocycles. The Kier molecular flexibility index (Phi) is 7.36. The van der Waals surface area contributed by atoms with Crippen LogP contribution < -0.4 is 0 Å². The Bertz CT molecular complexity index is 169. The third kappa shape index (κ3) is 9.12. The van der Waals surface area contributed by atoms with Crippen molar-refractivity contribution in [1.29, 1.82) is 0 Å². The first-order chi connectivity index (χ1) is 6.16. The summed E-state index contributed by atoms with van der Waals surface area (Å²) in [5.41, 5.74) is 1.39. The molecular formula is C11H21NO. The van der Waals surface area contributed by atoms with Crippen LogP contribution in [0.1, 0.15) is 46.5 Å². The Morgan fingerprint density at radius 2 is 1.92 bits per heavy atom. The van der Waals surface area contributed by atoms with Crippen molar-refractivity contribution >= 4 is 6.21 Å². The van der Waals surface area contributed by atoms with E-state index in [1.54, 1.807) is 6.21 Å². The van der Waals surface area contributed by atoms with E-state index in [-0.39, 0.29) is 0 Å². The standard InChI is InChI=1S/C11H21NO/c1-10(2)6-4-7-11(3)8-5-9-12-13/h6,9,11,13H,4-5,7-8H2,1-3H3. The van der Waals surface area contributed by atoms with Crippen LogP contribution in [0, 0.1) is 5.92 Å². The molecule has 0 aromatic rings. The van der Waals surface area contributed by atoms with Gasteiger partial charge >= 0.3 is 0 Å². The predicted octanol–water partition coefficient (Wildman–Crippen LogP) is 3.61. The maximum Gasteiger partial charge on any atom is 0.0436 e. The zero-order chi connectivity index (χ0) is 10.1. The molecule has 0 amide bonds. The summed E-state index contributed by atoms with van der Waals surface area (Å²) in [4.78, 5) is 0. The van der Waals surface area contributed by atoms with Crippen LogP contribution in [0.4, 0.5) is 0 Å². The number of nitrogens with zero attached hydrogens (tertiary/aromatic N) is 1. The van der Waals surface area contributed by atoms with Crippen LogP contribution in [0.3, 0.4) is 0 Å². The first kappa shape index (κ1) is 12.2. The van der Waals surface area contributed by atoms with Gasteiger partial charge in [0, 0.05) is 6.21 Å². The summed E-state index contributed by atoms with van der Waals surface area (Å²) in [6, 6.07) is 0. The molecule has 13 heavy (non-hydrogen) atoms. The minimum atomic E-state index is 0.716. The molecule has 0 fully saturated rings. The molecular weight excluding hydrogens is 162 g/mol. The monoisotopic (exact) mass is 183 g/mol. The summed E-state index contributed by atoms with van der Waals surface area (Å²) in [5, 5.41) is 11.2. The van der Waals surface area contributed by atoms with Gasteiger partial charge < -0.3 is 5.21 Å². The third-order valence-corrected chi connectivity index (χ3v) is 2.08. The molecule has 0 aliphatic carbocycles.